The average Bonchev–Trinajstić information content (AvgIpc) is 3.45. The smallest absolute Gasteiger partial charge is 0.263 e. The van der Waals surface area contributed by atoms with Crippen LogP contribution in [-0.2, 0) is 17.9 Å². The van der Waals surface area contributed by atoms with Gasteiger partial charge in [-0.2, -0.15) is 0 Å². The van der Waals surface area contributed by atoms with Crippen molar-refractivity contribution in [2.75, 3.05) is 12.8 Å². The van der Waals surface area contributed by atoms with Gasteiger partial charge < -0.3 is 4.90 Å². The zero-order valence-corrected chi connectivity index (χ0v) is 19.4. The molecule has 1 amide bonds. The summed E-state index contributed by atoms with van der Waals surface area (Å²) >= 11 is 4.37. The number of hydrogen-bond donors (Lipinski definition) is 0. The quantitative estimate of drug-likeness (QED) is 0.205. The van der Waals surface area contributed by atoms with E-state index in [0.29, 0.717) is 28.5 Å². The lowest BCUT2D eigenvalue weighted by Crippen LogP contribution is -2.28. The van der Waals surface area contributed by atoms with Crippen molar-refractivity contribution in [3.05, 3.63) is 81.1 Å². The first-order valence-electron chi connectivity index (χ1n) is 9.66. The van der Waals surface area contributed by atoms with Crippen LogP contribution in [0.4, 0.5) is 0 Å². The predicted molar refractivity (Wildman–Crippen MR) is 131 cm³/mol. The van der Waals surface area contributed by atoms with Crippen LogP contribution in [0.5, 0.6) is 0 Å². The molecule has 158 valence electrons. The van der Waals surface area contributed by atoms with Gasteiger partial charge in [-0.05, 0) is 17.0 Å². The van der Waals surface area contributed by atoms with Crippen molar-refractivity contribution in [2.24, 2.45) is 0 Å². The Morgan fingerprint density at radius 2 is 2.03 bits per heavy atom. The van der Waals surface area contributed by atoms with Crippen molar-refractivity contribution in [1.82, 2.24) is 14.5 Å². The van der Waals surface area contributed by atoms with Crippen molar-refractivity contribution in [3.63, 3.8) is 0 Å². The number of benzene rings is 1. The fourth-order valence-electron chi connectivity index (χ4n) is 3.20. The highest BCUT2D eigenvalue weighted by Crippen LogP contribution is 2.32. The Bertz CT molecular complexity index is 1260. The van der Waals surface area contributed by atoms with Crippen LogP contribution in [0.3, 0.4) is 0 Å². The SMILES string of the molecule is C=CCn1c(SCC(=O)N(C)Cc2cccs2)nc2scc(-c3ccccc3)c2c1=O. The lowest BCUT2D eigenvalue weighted by molar-refractivity contribution is -0.127. The molecule has 0 bridgehead atoms. The Morgan fingerprint density at radius 3 is 2.74 bits per heavy atom. The lowest BCUT2D eigenvalue weighted by atomic mass is 10.1. The van der Waals surface area contributed by atoms with Crippen molar-refractivity contribution in [1.29, 1.82) is 0 Å². The van der Waals surface area contributed by atoms with Crippen molar-refractivity contribution in [3.8, 4) is 11.1 Å². The molecule has 31 heavy (non-hydrogen) atoms. The van der Waals surface area contributed by atoms with Gasteiger partial charge in [0.05, 0.1) is 17.7 Å². The Hall–Kier alpha value is -2.68. The highest BCUT2D eigenvalue weighted by Gasteiger charge is 2.18. The number of aromatic nitrogens is 2. The molecule has 3 heterocycles. The zero-order chi connectivity index (χ0) is 21.8. The Morgan fingerprint density at radius 1 is 1.23 bits per heavy atom. The van der Waals surface area contributed by atoms with E-state index >= 15 is 0 Å². The summed E-state index contributed by atoms with van der Waals surface area (Å²) in [5, 5.41) is 5.13. The molecule has 0 aliphatic rings. The van der Waals surface area contributed by atoms with Crippen molar-refractivity contribution in [2.45, 2.75) is 18.2 Å². The summed E-state index contributed by atoms with van der Waals surface area (Å²) in [5.74, 6) is 0.211. The fraction of sp³-hybridized carbons (Fsp3) is 0.174. The minimum atomic E-state index is -0.105. The Kier molecular flexibility index (Phi) is 6.70. The van der Waals surface area contributed by atoms with Crippen LogP contribution in [0.25, 0.3) is 21.3 Å². The number of hydrogen-bond acceptors (Lipinski definition) is 6. The van der Waals surface area contributed by atoms with Gasteiger partial charge in [-0.15, -0.1) is 29.3 Å². The highest BCUT2D eigenvalue weighted by atomic mass is 32.2. The van der Waals surface area contributed by atoms with Gasteiger partial charge in [-0.1, -0.05) is 54.2 Å². The average molecular weight is 468 g/mol. The van der Waals surface area contributed by atoms with E-state index in [2.05, 4.69) is 6.58 Å². The van der Waals surface area contributed by atoms with E-state index in [4.69, 9.17) is 4.98 Å². The van der Waals surface area contributed by atoms with Crippen molar-refractivity contribution < 1.29 is 4.79 Å². The second-order valence-corrected chi connectivity index (χ2v) is 9.75. The molecule has 0 saturated heterocycles. The molecule has 3 aromatic heterocycles. The van der Waals surface area contributed by atoms with Gasteiger partial charge in [0.15, 0.2) is 5.16 Å². The van der Waals surface area contributed by atoms with E-state index < -0.39 is 0 Å². The maximum Gasteiger partial charge on any atom is 0.263 e. The van der Waals surface area contributed by atoms with E-state index in [9.17, 15) is 9.59 Å². The molecule has 0 radical (unpaired) electrons. The number of fused-ring (bicyclic) bond motifs is 1. The summed E-state index contributed by atoms with van der Waals surface area (Å²) in [6, 6.07) is 13.8. The number of thiophene rings is 2. The van der Waals surface area contributed by atoms with E-state index in [1.165, 1.54) is 23.1 Å². The third-order valence-corrected chi connectivity index (χ3v) is 7.47. The summed E-state index contributed by atoms with van der Waals surface area (Å²) < 4.78 is 1.60. The maximum atomic E-state index is 13.4. The first-order chi connectivity index (χ1) is 15.1. The molecule has 0 aliphatic carbocycles. The molecule has 5 nitrogen and oxygen atoms in total. The van der Waals surface area contributed by atoms with Crippen LogP contribution in [0.1, 0.15) is 4.88 Å². The highest BCUT2D eigenvalue weighted by molar-refractivity contribution is 7.99. The second kappa shape index (κ2) is 9.64. The number of carbonyl (C=O) groups excluding carboxylic acids is 1. The normalized spacial score (nSPS) is 11.0. The molecule has 0 unspecified atom stereocenters. The third-order valence-electron chi connectivity index (χ3n) is 4.78. The summed E-state index contributed by atoms with van der Waals surface area (Å²) in [6.45, 7) is 4.70. The van der Waals surface area contributed by atoms with Gasteiger partial charge in [0.1, 0.15) is 4.83 Å². The second-order valence-electron chi connectivity index (χ2n) is 6.91. The van der Waals surface area contributed by atoms with Gasteiger partial charge in [0, 0.05) is 29.4 Å². The van der Waals surface area contributed by atoms with E-state index in [1.807, 2.05) is 53.2 Å². The molecule has 0 fully saturated rings. The molecular formula is C23H21N3O2S3. The largest absolute Gasteiger partial charge is 0.340 e. The number of amides is 1. The number of nitrogens with zero attached hydrogens (tertiary/aromatic N) is 3. The number of rotatable bonds is 8. The number of carbonyl (C=O) groups is 1. The molecule has 0 spiro atoms. The van der Waals surface area contributed by atoms with Gasteiger partial charge in [-0.25, -0.2) is 4.98 Å². The zero-order valence-electron chi connectivity index (χ0n) is 17.0. The Balaban J connectivity index is 1.62. The molecule has 0 atom stereocenters. The monoisotopic (exact) mass is 467 g/mol. The molecule has 1 aromatic carbocycles. The standard InChI is InChI=1S/C23H21N3O2S3/c1-3-11-26-22(28)20-18(16-8-5-4-6-9-16)14-30-21(20)24-23(26)31-15-19(27)25(2)13-17-10-7-12-29-17/h3-10,12,14H,1,11,13,15H2,2H3. The van der Waals surface area contributed by atoms with Crippen LogP contribution in [0.2, 0.25) is 0 Å². The predicted octanol–water partition coefficient (Wildman–Crippen LogP) is 5.12. The van der Waals surface area contributed by atoms with Crippen LogP contribution >= 0.6 is 34.4 Å². The number of thioether (sulfide) groups is 1. The third kappa shape index (κ3) is 4.66. The first kappa shape index (κ1) is 21.5. The minimum absolute atomic E-state index is 0.00551. The van der Waals surface area contributed by atoms with Crippen LogP contribution in [0.15, 0.2) is 75.8 Å². The molecule has 0 N–H and O–H groups in total. The first-order valence-corrected chi connectivity index (χ1v) is 12.4. The van der Waals surface area contributed by atoms with Gasteiger partial charge in [-0.3, -0.25) is 14.2 Å². The summed E-state index contributed by atoms with van der Waals surface area (Å²) in [5.41, 5.74) is 1.77. The maximum absolute atomic E-state index is 13.4. The van der Waals surface area contributed by atoms with Crippen LogP contribution in [-0.4, -0.2) is 33.2 Å². The van der Waals surface area contributed by atoms with E-state index in [1.54, 1.807) is 33.9 Å². The molecule has 0 aliphatic heterocycles. The Labute approximate surface area is 192 Å². The summed E-state index contributed by atoms with van der Waals surface area (Å²) in [4.78, 5) is 34.2. The topological polar surface area (TPSA) is 55.2 Å². The minimum Gasteiger partial charge on any atom is -0.340 e. The molecule has 4 rings (SSSR count). The fourth-order valence-corrected chi connectivity index (χ4v) is 5.89. The van der Waals surface area contributed by atoms with Gasteiger partial charge in [0.2, 0.25) is 5.91 Å². The van der Waals surface area contributed by atoms with E-state index in [-0.39, 0.29) is 17.2 Å². The van der Waals surface area contributed by atoms with Crippen LogP contribution in [0, 0.1) is 0 Å². The number of allylic oxidation sites excluding steroid dienone is 1. The summed E-state index contributed by atoms with van der Waals surface area (Å²) in [7, 11) is 1.79. The molecule has 8 heteroatoms. The van der Waals surface area contributed by atoms with Crippen LogP contribution < -0.4 is 5.56 Å². The van der Waals surface area contributed by atoms with Gasteiger partial charge in [0.25, 0.3) is 5.56 Å². The summed E-state index contributed by atoms with van der Waals surface area (Å²) in [6.07, 6.45) is 1.68. The lowest BCUT2D eigenvalue weighted by Gasteiger charge is -2.16. The molecular weight excluding hydrogens is 446 g/mol. The van der Waals surface area contributed by atoms with Crippen molar-refractivity contribution >= 4 is 50.6 Å². The molecule has 4 aromatic rings. The van der Waals surface area contributed by atoms with Gasteiger partial charge >= 0.3 is 0 Å². The van der Waals surface area contributed by atoms with E-state index in [0.717, 1.165) is 16.0 Å². The molecule has 0 saturated carbocycles.